The highest BCUT2D eigenvalue weighted by atomic mass is 19.4. The lowest BCUT2D eigenvalue weighted by molar-refractivity contribution is -0.398. The summed E-state index contributed by atoms with van der Waals surface area (Å²) in [6.45, 7) is 0. The van der Waals surface area contributed by atoms with E-state index in [1.807, 2.05) is 0 Å². The number of esters is 1. The molecule has 1 fully saturated rings. The van der Waals surface area contributed by atoms with Crippen LogP contribution in [0.1, 0.15) is 12.8 Å². The molecule has 1 aliphatic heterocycles. The monoisotopic (exact) mass is 304 g/mol. The van der Waals surface area contributed by atoms with Crippen LogP contribution in [-0.4, -0.2) is 36.0 Å². The number of hydrogen-bond donors (Lipinski definition) is 0. The number of ether oxygens (including phenoxy) is 1. The standard InChI is InChI=1S/C8H5F9O2/c9-5(10,2-3-1-4(18)19-3)6(11,12)7(13,14)8(15,16)17/h3H,1-2H2/t3-/m1/s1. The number of alkyl halides is 9. The zero-order chi connectivity index (χ0) is 15.3. The molecule has 0 amide bonds. The van der Waals surface area contributed by atoms with Gasteiger partial charge in [-0.2, -0.15) is 39.5 Å². The van der Waals surface area contributed by atoms with Gasteiger partial charge in [-0.3, -0.25) is 4.79 Å². The van der Waals surface area contributed by atoms with Gasteiger partial charge in [0.25, 0.3) is 0 Å². The van der Waals surface area contributed by atoms with Gasteiger partial charge in [-0.1, -0.05) is 0 Å². The molecule has 0 N–H and O–H groups in total. The van der Waals surface area contributed by atoms with Crippen molar-refractivity contribution in [2.75, 3.05) is 0 Å². The van der Waals surface area contributed by atoms with Crippen LogP contribution in [0.2, 0.25) is 0 Å². The number of carbonyl (C=O) groups is 1. The Hall–Kier alpha value is -1.16. The lowest BCUT2D eigenvalue weighted by Crippen LogP contribution is -2.62. The summed E-state index contributed by atoms with van der Waals surface area (Å²) >= 11 is 0. The van der Waals surface area contributed by atoms with E-state index in [-0.39, 0.29) is 0 Å². The molecule has 0 radical (unpaired) electrons. The molecule has 0 aromatic rings. The SMILES string of the molecule is O=C1C[C@H](CC(F)(F)C(F)(F)C(F)(F)C(F)(F)F)O1. The summed E-state index contributed by atoms with van der Waals surface area (Å²) in [6, 6.07) is 0. The van der Waals surface area contributed by atoms with E-state index in [1.54, 1.807) is 0 Å². The minimum absolute atomic E-state index is 0.747. The van der Waals surface area contributed by atoms with Gasteiger partial charge >= 0.3 is 29.9 Å². The summed E-state index contributed by atoms with van der Waals surface area (Å²) in [6.07, 6.45) is -11.5. The van der Waals surface area contributed by atoms with Crippen molar-refractivity contribution < 1.29 is 49.0 Å². The first kappa shape index (κ1) is 15.9. The van der Waals surface area contributed by atoms with Gasteiger partial charge in [0, 0.05) is 0 Å². The second-order valence-electron chi connectivity index (χ2n) is 3.87. The third kappa shape index (κ3) is 2.46. The molecular formula is C8H5F9O2. The lowest BCUT2D eigenvalue weighted by Gasteiger charge is -2.36. The maximum absolute atomic E-state index is 12.9. The fourth-order valence-corrected chi connectivity index (χ4v) is 1.30. The zero-order valence-electron chi connectivity index (χ0n) is 8.71. The van der Waals surface area contributed by atoms with Gasteiger partial charge in [0.2, 0.25) is 0 Å². The second-order valence-corrected chi connectivity index (χ2v) is 3.87. The molecule has 2 nitrogen and oxygen atoms in total. The summed E-state index contributed by atoms with van der Waals surface area (Å²) < 4.78 is 115. The number of carbonyl (C=O) groups excluding carboxylic acids is 1. The van der Waals surface area contributed by atoms with Gasteiger partial charge in [-0.15, -0.1) is 0 Å². The first-order valence-electron chi connectivity index (χ1n) is 4.62. The van der Waals surface area contributed by atoms with E-state index in [4.69, 9.17) is 0 Å². The molecule has 1 saturated heterocycles. The topological polar surface area (TPSA) is 26.3 Å². The fraction of sp³-hybridized carbons (Fsp3) is 0.875. The number of halogens is 9. The van der Waals surface area contributed by atoms with Crippen LogP contribution < -0.4 is 0 Å². The Bertz CT molecular complexity index is 365. The van der Waals surface area contributed by atoms with Crippen LogP contribution in [0.5, 0.6) is 0 Å². The summed E-state index contributed by atoms with van der Waals surface area (Å²) in [5, 5.41) is 0. The van der Waals surface area contributed by atoms with Crippen molar-refractivity contribution in [2.24, 2.45) is 0 Å². The Morgan fingerprint density at radius 1 is 0.947 bits per heavy atom. The molecule has 11 heteroatoms. The Morgan fingerprint density at radius 2 is 1.37 bits per heavy atom. The minimum Gasteiger partial charge on any atom is -0.461 e. The molecule has 1 aliphatic rings. The number of cyclic esters (lactones) is 1. The molecule has 0 bridgehead atoms. The molecule has 0 aliphatic carbocycles. The lowest BCUT2D eigenvalue weighted by atomic mass is 9.95. The molecule has 1 rings (SSSR count). The molecular weight excluding hydrogens is 299 g/mol. The maximum Gasteiger partial charge on any atom is 0.460 e. The van der Waals surface area contributed by atoms with Gasteiger partial charge < -0.3 is 4.74 Å². The Kier molecular flexibility index (Phi) is 3.49. The molecule has 0 saturated carbocycles. The van der Waals surface area contributed by atoms with E-state index >= 15 is 0 Å². The highest BCUT2D eigenvalue weighted by molar-refractivity contribution is 5.75. The van der Waals surface area contributed by atoms with Crippen LogP contribution >= 0.6 is 0 Å². The van der Waals surface area contributed by atoms with E-state index in [1.165, 1.54) is 0 Å². The first-order chi connectivity index (χ1) is 8.22. The maximum atomic E-state index is 12.9. The van der Waals surface area contributed by atoms with E-state index in [0.717, 1.165) is 0 Å². The Labute approximate surface area is 99.1 Å². The number of rotatable bonds is 4. The molecule has 112 valence electrons. The van der Waals surface area contributed by atoms with Crippen LogP contribution in [0.3, 0.4) is 0 Å². The summed E-state index contributed by atoms with van der Waals surface area (Å²) in [4.78, 5) is 10.2. The predicted molar refractivity (Wildman–Crippen MR) is 40.0 cm³/mol. The smallest absolute Gasteiger partial charge is 0.460 e. The van der Waals surface area contributed by atoms with Gasteiger partial charge in [-0.05, 0) is 0 Å². The third-order valence-corrected chi connectivity index (χ3v) is 2.39. The van der Waals surface area contributed by atoms with Crippen LogP contribution in [0.4, 0.5) is 39.5 Å². The molecule has 1 heterocycles. The highest BCUT2D eigenvalue weighted by Gasteiger charge is 2.81. The normalized spacial score (nSPS) is 21.9. The van der Waals surface area contributed by atoms with Gasteiger partial charge in [0.1, 0.15) is 6.10 Å². The average molecular weight is 304 g/mol. The fourth-order valence-electron chi connectivity index (χ4n) is 1.30. The molecule has 0 unspecified atom stereocenters. The van der Waals surface area contributed by atoms with Crippen molar-refractivity contribution in [1.29, 1.82) is 0 Å². The third-order valence-electron chi connectivity index (χ3n) is 2.39. The summed E-state index contributed by atoms with van der Waals surface area (Å²) in [5.74, 6) is -20.3. The second kappa shape index (κ2) is 4.17. The van der Waals surface area contributed by atoms with Crippen LogP contribution in [0.25, 0.3) is 0 Å². The zero-order valence-corrected chi connectivity index (χ0v) is 8.71. The molecule has 0 spiro atoms. The molecule has 19 heavy (non-hydrogen) atoms. The van der Waals surface area contributed by atoms with E-state index in [9.17, 15) is 44.3 Å². The van der Waals surface area contributed by atoms with Gasteiger partial charge in [0.05, 0.1) is 12.8 Å². The van der Waals surface area contributed by atoms with Gasteiger partial charge in [-0.25, -0.2) is 0 Å². The van der Waals surface area contributed by atoms with Crippen LogP contribution in [-0.2, 0) is 9.53 Å². The largest absolute Gasteiger partial charge is 0.461 e. The number of hydrogen-bond acceptors (Lipinski definition) is 2. The molecule has 1 atom stereocenters. The van der Waals surface area contributed by atoms with Crippen LogP contribution in [0.15, 0.2) is 0 Å². The summed E-state index contributed by atoms with van der Waals surface area (Å²) in [7, 11) is 0. The molecule has 0 aromatic carbocycles. The van der Waals surface area contributed by atoms with Crippen LogP contribution in [0, 0.1) is 0 Å². The van der Waals surface area contributed by atoms with Crippen molar-refractivity contribution in [3.05, 3.63) is 0 Å². The molecule has 0 aromatic heterocycles. The summed E-state index contributed by atoms with van der Waals surface area (Å²) in [5.41, 5.74) is 0. The van der Waals surface area contributed by atoms with Crippen molar-refractivity contribution in [1.82, 2.24) is 0 Å². The van der Waals surface area contributed by atoms with Gasteiger partial charge in [0.15, 0.2) is 0 Å². The van der Waals surface area contributed by atoms with Crippen molar-refractivity contribution >= 4 is 5.97 Å². The highest BCUT2D eigenvalue weighted by Crippen LogP contribution is 2.54. The average Bonchev–Trinajstić information content (AvgIpc) is 2.12. The van der Waals surface area contributed by atoms with Crippen molar-refractivity contribution in [3.63, 3.8) is 0 Å². The van der Waals surface area contributed by atoms with E-state index < -0.39 is 48.9 Å². The Morgan fingerprint density at radius 3 is 1.68 bits per heavy atom. The van der Waals surface area contributed by atoms with E-state index in [2.05, 4.69) is 4.74 Å². The van der Waals surface area contributed by atoms with E-state index in [0.29, 0.717) is 0 Å². The minimum atomic E-state index is -6.91. The van der Waals surface area contributed by atoms with Crippen molar-refractivity contribution in [3.8, 4) is 0 Å². The Balaban J connectivity index is 2.93. The van der Waals surface area contributed by atoms with Crippen molar-refractivity contribution in [2.45, 2.75) is 42.9 Å². The first-order valence-corrected chi connectivity index (χ1v) is 4.62. The predicted octanol–water partition coefficient (Wildman–Crippen LogP) is 3.16. The quantitative estimate of drug-likeness (QED) is 0.589.